The molecule has 4 heteroatoms. The molecule has 2 aromatic rings. The third kappa shape index (κ3) is 3.07. The molecular formula is C18H22N2O2. The molecule has 22 heavy (non-hydrogen) atoms. The SMILES string of the molecule is Cn1cc(C=CC(=O)NCC2(O)CCCC2)c2ccccc21. The molecule has 1 aliphatic carbocycles. The zero-order chi connectivity index (χ0) is 15.6. The van der Waals surface area contributed by atoms with Gasteiger partial charge in [-0.15, -0.1) is 0 Å². The molecule has 2 N–H and O–H groups in total. The Morgan fingerprint density at radius 3 is 2.86 bits per heavy atom. The van der Waals surface area contributed by atoms with Crippen LogP contribution in [-0.4, -0.2) is 27.7 Å². The first-order chi connectivity index (χ1) is 10.6. The molecule has 0 bridgehead atoms. The number of amides is 1. The molecule has 3 rings (SSSR count). The van der Waals surface area contributed by atoms with Crippen LogP contribution in [0.25, 0.3) is 17.0 Å². The van der Waals surface area contributed by atoms with E-state index < -0.39 is 5.60 Å². The summed E-state index contributed by atoms with van der Waals surface area (Å²) in [5.41, 5.74) is 1.46. The standard InChI is InChI=1S/C18H22N2O2/c1-20-12-14(15-6-2-3-7-16(15)20)8-9-17(21)19-13-18(22)10-4-5-11-18/h2-3,6-9,12,22H,4-5,10-11,13H2,1H3,(H,19,21). The van der Waals surface area contributed by atoms with Gasteiger partial charge in [0.25, 0.3) is 0 Å². The van der Waals surface area contributed by atoms with Gasteiger partial charge in [-0.2, -0.15) is 0 Å². The molecule has 1 aliphatic rings. The quantitative estimate of drug-likeness (QED) is 0.853. The van der Waals surface area contributed by atoms with Gasteiger partial charge in [0.2, 0.25) is 5.91 Å². The zero-order valence-corrected chi connectivity index (χ0v) is 12.9. The molecule has 0 spiro atoms. The van der Waals surface area contributed by atoms with Crippen molar-refractivity contribution in [3.63, 3.8) is 0 Å². The summed E-state index contributed by atoms with van der Waals surface area (Å²) >= 11 is 0. The number of benzene rings is 1. The van der Waals surface area contributed by atoms with Gasteiger partial charge in [-0.3, -0.25) is 4.79 Å². The van der Waals surface area contributed by atoms with E-state index in [2.05, 4.69) is 11.4 Å². The van der Waals surface area contributed by atoms with E-state index in [4.69, 9.17) is 0 Å². The molecule has 1 fully saturated rings. The first-order valence-electron chi connectivity index (χ1n) is 7.80. The minimum Gasteiger partial charge on any atom is -0.388 e. The molecule has 1 saturated carbocycles. The third-order valence-electron chi connectivity index (χ3n) is 4.47. The number of carbonyl (C=O) groups is 1. The highest BCUT2D eigenvalue weighted by molar-refractivity contribution is 5.96. The van der Waals surface area contributed by atoms with Crippen molar-refractivity contribution < 1.29 is 9.90 Å². The lowest BCUT2D eigenvalue weighted by molar-refractivity contribution is -0.117. The van der Waals surface area contributed by atoms with E-state index in [-0.39, 0.29) is 5.91 Å². The number of carbonyl (C=O) groups excluding carboxylic acids is 1. The molecule has 116 valence electrons. The van der Waals surface area contributed by atoms with Crippen LogP contribution in [0.2, 0.25) is 0 Å². The van der Waals surface area contributed by atoms with Gasteiger partial charge in [0.15, 0.2) is 0 Å². The second-order valence-corrected chi connectivity index (χ2v) is 6.20. The Kier molecular flexibility index (Phi) is 4.03. The van der Waals surface area contributed by atoms with Crippen LogP contribution in [0.15, 0.2) is 36.5 Å². The number of rotatable bonds is 4. The molecule has 1 aromatic heterocycles. The number of hydrogen-bond acceptors (Lipinski definition) is 2. The van der Waals surface area contributed by atoms with Gasteiger partial charge in [0, 0.05) is 42.3 Å². The van der Waals surface area contributed by atoms with Crippen molar-refractivity contribution in [2.24, 2.45) is 7.05 Å². The average Bonchev–Trinajstić information content (AvgIpc) is 3.09. The fraction of sp³-hybridized carbons (Fsp3) is 0.389. The van der Waals surface area contributed by atoms with Gasteiger partial charge in [-0.05, 0) is 25.0 Å². The summed E-state index contributed by atoms with van der Waals surface area (Å²) in [5, 5.41) is 14.2. The van der Waals surface area contributed by atoms with Crippen LogP contribution < -0.4 is 5.32 Å². The summed E-state index contributed by atoms with van der Waals surface area (Å²) < 4.78 is 2.05. The van der Waals surface area contributed by atoms with Crippen molar-refractivity contribution in [2.75, 3.05) is 6.54 Å². The maximum absolute atomic E-state index is 11.9. The summed E-state index contributed by atoms with van der Waals surface area (Å²) in [6.45, 7) is 0.339. The third-order valence-corrected chi connectivity index (χ3v) is 4.47. The molecule has 0 radical (unpaired) electrons. The number of aromatic nitrogens is 1. The summed E-state index contributed by atoms with van der Waals surface area (Å²) in [6, 6.07) is 8.11. The Morgan fingerprint density at radius 2 is 2.09 bits per heavy atom. The Morgan fingerprint density at radius 1 is 1.36 bits per heavy atom. The number of nitrogens with one attached hydrogen (secondary N) is 1. The molecule has 0 aliphatic heterocycles. The summed E-state index contributed by atoms with van der Waals surface area (Å²) in [5.74, 6) is -0.159. The molecule has 0 saturated heterocycles. The van der Waals surface area contributed by atoms with Crippen LogP contribution >= 0.6 is 0 Å². The molecule has 0 unspecified atom stereocenters. The largest absolute Gasteiger partial charge is 0.388 e. The summed E-state index contributed by atoms with van der Waals surface area (Å²) in [6.07, 6.45) is 9.02. The highest BCUT2D eigenvalue weighted by Gasteiger charge is 2.30. The zero-order valence-electron chi connectivity index (χ0n) is 12.9. The Labute approximate surface area is 130 Å². The average molecular weight is 298 g/mol. The second kappa shape index (κ2) is 5.97. The van der Waals surface area contributed by atoms with Crippen molar-refractivity contribution in [3.8, 4) is 0 Å². The highest BCUT2D eigenvalue weighted by atomic mass is 16.3. The number of fused-ring (bicyclic) bond motifs is 1. The number of aryl methyl sites for hydroxylation is 1. The van der Waals surface area contributed by atoms with Gasteiger partial charge in [0.05, 0.1) is 5.60 Å². The van der Waals surface area contributed by atoms with Crippen LogP contribution in [0.3, 0.4) is 0 Å². The molecular weight excluding hydrogens is 276 g/mol. The molecule has 4 nitrogen and oxygen atoms in total. The minimum absolute atomic E-state index is 0.159. The van der Waals surface area contributed by atoms with Gasteiger partial charge < -0.3 is 15.0 Å². The Bertz CT molecular complexity index is 709. The van der Waals surface area contributed by atoms with E-state index in [1.54, 1.807) is 6.08 Å². The van der Waals surface area contributed by atoms with Gasteiger partial charge in [-0.1, -0.05) is 31.0 Å². The number of aliphatic hydroxyl groups is 1. The normalized spacial score (nSPS) is 17.4. The topological polar surface area (TPSA) is 54.3 Å². The molecule has 0 atom stereocenters. The monoisotopic (exact) mass is 298 g/mol. The van der Waals surface area contributed by atoms with Crippen molar-refractivity contribution in [3.05, 3.63) is 42.1 Å². The van der Waals surface area contributed by atoms with E-state index >= 15 is 0 Å². The first-order valence-corrected chi connectivity index (χ1v) is 7.80. The smallest absolute Gasteiger partial charge is 0.244 e. The van der Waals surface area contributed by atoms with Gasteiger partial charge in [-0.25, -0.2) is 0 Å². The van der Waals surface area contributed by atoms with E-state index in [1.807, 2.05) is 42.1 Å². The second-order valence-electron chi connectivity index (χ2n) is 6.20. The fourth-order valence-electron chi connectivity index (χ4n) is 3.19. The van der Waals surface area contributed by atoms with Crippen molar-refractivity contribution in [2.45, 2.75) is 31.3 Å². The predicted molar refractivity (Wildman–Crippen MR) is 88.4 cm³/mol. The summed E-state index contributed by atoms with van der Waals surface area (Å²) in [4.78, 5) is 11.9. The highest BCUT2D eigenvalue weighted by Crippen LogP contribution is 2.28. The van der Waals surface area contributed by atoms with Crippen LogP contribution in [0.1, 0.15) is 31.2 Å². The molecule has 1 aromatic carbocycles. The lowest BCUT2D eigenvalue weighted by Gasteiger charge is -2.21. The van der Waals surface area contributed by atoms with Crippen molar-refractivity contribution in [1.82, 2.24) is 9.88 Å². The van der Waals surface area contributed by atoms with Crippen LogP contribution in [0.5, 0.6) is 0 Å². The van der Waals surface area contributed by atoms with Crippen LogP contribution in [0, 0.1) is 0 Å². The number of para-hydroxylation sites is 1. The van der Waals surface area contributed by atoms with E-state index in [1.165, 1.54) is 0 Å². The van der Waals surface area contributed by atoms with Gasteiger partial charge >= 0.3 is 0 Å². The van der Waals surface area contributed by atoms with Crippen LogP contribution in [0.4, 0.5) is 0 Å². The molecule has 1 amide bonds. The minimum atomic E-state index is -0.705. The first kappa shape index (κ1) is 14.9. The lowest BCUT2D eigenvalue weighted by atomic mass is 10.0. The maximum Gasteiger partial charge on any atom is 0.244 e. The van der Waals surface area contributed by atoms with E-state index in [0.717, 1.165) is 42.1 Å². The van der Waals surface area contributed by atoms with Gasteiger partial charge in [0.1, 0.15) is 0 Å². The van der Waals surface area contributed by atoms with E-state index in [9.17, 15) is 9.90 Å². The Balaban J connectivity index is 1.66. The lowest BCUT2D eigenvalue weighted by Crippen LogP contribution is -2.40. The summed E-state index contributed by atoms with van der Waals surface area (Å²) in [7, 11) is 2.00. The van der Waals surface area contributed by atoms with Crippen LogP contribution in [-0.2, 0) is 11.8 Å². The predicted octanol–water partition coefficient (Wildman–Crippen LogP) is 2.61. The van der Waals surface area contributed by atoms with E-state index in [0.29, 0.717) is 6.54 Å². The molecule has 1 heterocycles. The number of nitrogens with zero attached hydrogens (tertiary/aromatic N) is 1. The van der Waals surface area contributed by atoms with Crippen molar-refractivity contribution >= 4 is 22.9 Å². The Hall–Kier alpha value is -2.07. The maximum atomic E-state index is 11.9. The number of hydrogen-bond donors (Lipinski definition) is 2. The fourth-order valence-corrected chi connectivity index (χ4v) is 3.19. The van der Waals surface area contributed by atoms with Crippen molar-refractivity contribution in [1.29, 1.82) is 0 Å².